The maximum Gasteiger partial charge on any atom is 0.0445 e. The summed E-state index contributed by atoms with van der Waals surface area (Å²) in [5.74, 6) is 0.767. The molecule has 0 aliphatic carbocycles. The van der Waals surface area contributed by atoms with Gasteiger partial charge in [-0.2, -0.15) is 0 Å². The minimum Gasteiger partial charge on any atom is -0.396 e. The predicted octanol–water partition coefficient (Wildman–Crippen LogP) is 1.39. The Labute approximate surface area is 70.0 Å². The first-order valence-corrected chi connectivity index (χ1v) is 4.51. The van der Waals surface area contributed by atoms with Crippen LogP contribution in [0.2, 0.25) is 0 Å². The summed E-state index contributed by atoms with van der Waals surface area (Å²) in [6.07, 6.45) is 2.08. The van der Waals surface area contributed by atoms with Crippen molar-refractivity contribution in [1.82, 2.24) is 5.32 Å². The second-order valence-corrected chi connectivity index (χ2v) is 3.55. The van der Waals surface area contributed by atoms with E-state index < -0.39 is 0 Å². The summed E-state index contributed by atoms with van der Waals surface area (Å²) in [4.78, 5) is 0. The van der Waals surface area contributed by atoms with Crippen LogP contribution in [-0.4, -0.2) is 24.3 Å². The second kappa shape index (κ2) is 6.62. The number of hydrogen-bond acceptors (Lipinski definition) is 2. The van der Waals surface area contributed by atoms with Crippen molar-refractivity contribution in [2.45, 2.75) is 39.7 Å². The molecule has 0 rings (SSSR count). The lowest BCUT2D eigenvalue weighted by Crippen LogP contribution is -2.28. The highest BCUT2D eigenvalue weighted by Gasteiger charge is 1.99. The van der Waals surface area contributed by atoms with Crippen LogP contribution in [0.3, 0.4) is 0 Å². The molecule has 0 aliphatic heterocycles. The molecule has 68 valence electrons. The van der Waals surface area contributed by atoms with E-state index in [1.165, 1.54) is 6.42 Å². The van der Waals surface area contributed by atoms with Gasteiger partial charge in [0.2, 0.25) is 0 Å². The zero-order valence-corrected chi connectivity index (χ0v) is 7.93. The smallest absolute Gasteiger partial charge is 0.0445 e. The third kappa shape index (κ3) is 7.82. The maximum atomic E-state index is 8.61. The molecule has 0 fully saturated rings. The molecule has 1 unspecified atom stereocenters. The average Bonchev–Trinajstić information content (AvgIpc) is 1.87. The first kappa shape index (κ1) is 10.9. The summed E-state index contributed by atoms with van der Waals surface area (Å²) in [5, 5.41) is 12.0. The fourth-order valence-corrected chi connectivity index (χ4v) is 0.914. The van der Waals surface area contributed by atoms with Crippen LogP contribution in [0.5, 0.6) is 0 Å². The van der Waals surface area contributed by atoms with Crippen LogP contribution < -0.4 is 5.32 Å². The van der Waals surface area contributed by atoms with E-state index in [2.05, 4.69) is 26.1 Å². The van der Waals surface area contributed by atoms with E-state index in [4.69, 9.17) is 5.11 Å². The van der Waals surface area contributed by atoms with Gasteiger partial charge in [-0.05, 0) is 32.2 Å². The largest absolute Gasteiger partial charge is 0.396 e. The highest BCUT2D eigenvalue weighted by molar-refractivity contribution is 4.59. The molecule has 0 saturated heterocycles. The summed E-state index contributed by atoms with van der Waals surface area (Å²) < 4.78 is 0. The molecule has 2 heteroatoms. The molecule has 2 nitrogen and oxygen atoms in total. The summed E-state index contributed by atoms with van der Waals surface area (Å²) in [6, 6.07) is 0.457. The van der Waals surface area contributed by atoms with Crippen LogP contribution in [-0.2, 0) is 0 Å². The first-order chi connectivity index (χ1) is 5.16. The Kier molecular flexibility index (Phi) is 6.57. The van der Waals surface area contributed by atoms with Crippen LogP contribution in [0, 0.1) is 5.92 Å². The first-order valence-electron chi connectivity index (χ1n) is 4.51. The highest BCUT2D eigenvalue weighted by atomic mass is 16.3. The van der Waals surface area contributed by atoms with Crippen LogP contribution in [0.25, 0.3) is 0 Å². The zero-order valence-electron chi connectivity index (χ0n) is 7.93. The highest BCUT2D eigenvalue weighted by Crippen LogP contribution is 1.97. The quantitative estimate of drug-likeness (QED) is 0.614. The normalized spacial score (nSPS) is 13.9. The van der Waals surface area contributed by atoms with Crippen molar-refractivity contribution in [1.29, 1.82) is 0 Å². The number of hydrogen-bond donors (Lipinski definition) is 2. The Balaban J connectivity index is 3.10. The van der Waals surface area contributed by atoms with Crippen molar-refractivity contribution in [2.24, 2.45) is 5.92 Å². The molecule has 0 spiro atoms. The van der Waals surface area contributed by atoms with Gasteiger partial charge in [-0.15, -0.1) is 0 Å². The lowest BCUT2D eigenvalue weighted by atomic mass is 10.1. The van der Waals surface area contributed by atoms with Gasteiger partial charge in [0.15, 0.2) is 0 Å². The van der Waals surface area contributed by atoms with E-state index in [-0.39, 0.29) is 6.61 Å². The standard InChI is InChI=1S/C9H21NO/c1-8(2)4-6-10-9(3)5-7-11/h8-11H,4-7H2,1-3H3. The van der Waals surface area contributed by atoms with E-state index in [1.54, 1.807) is 0 Å². The Morgan fingerprint density at radius 3 is 2.27 bits per heavy atom. The van der Waals surface area contributed by atoms with Crippen molar-refractivity contribution < 1.29 is 5.11 Å². The van der Waals surface area contributed by atoms with Crippen LogP contribution in [0.4, 0.5) is 0 Å². The van der Waals surface area contributed by atoms with Gasteiger partial charge in [-0.1, -0.05) is 13.8 Å². The van der Waals surface area contributed by atoms with Crippen molar-refractivity contribution in [3.8, 4) is 0 Å². The molecule has 0 saturated carbocycles. The van der Waals surface area contributed by atoms with Crippen molar-refractivity contribution in [3.63, 3.8) is 0 Å². The van der Waals surface area contributed by atoms with Crippen LogP contribution in [0.15, 0.2) is 0 Å². The topological polar surface area (TPSA) is 32.3 Å². The van der Waals surface area contributed by atoms with Gasteiger partial charge in [0.05, 0.1) is 0 Å². The lowest BCUT2D eigenvalue weighted by molar-refractivity contribution is 0.268. The average molecular weight is 159 g/mol. The number of nitrogens with one attached hydrogen (secondary N) is 1. The molecule has 0 radical (unpaired) electrons. The fourth-order valence-electron chi connectivity index (χ4n) is 0.914. The SMILES string of the molecule is CC(C)CCNC(C)CCO. The number of aliphatic hydroxyl groups is 1. The van der Waals surface area contributed by atoms with Gasteiger partial charge in [0, 0.05) is 12.6 Å². The third-order valence-electron chi connectivity index (χ3n) is 1.78. The van der Waals surface area contributed by atoms with Crippen molar-refractivity contribution >= 4 is 0 Å². The minimum atomic E-state index is 0.288. The van der Waals surface area contributed by atoms with E-state index in [1.807, 2.05) is 0 Å². The molecular formula is C9H21NO. The second-order valence-electron chi connectivity index (χ2n) is 3.55. The molecule has 0 aromatic carbocycles. The van der Waals surface area contributed by atoms with Gasteiger partial charge >= 0.3 is 0 Å². The fraction of sp³-hybridized carbons (Fsp3) is 1.00. The zero-order chi connectivity index (χ0) is 8.69. The van der Waals surface area contributed by atoms with Crippen LogP contribution in [0.1, 0.15) is 33.6 Å². The summed E-state index contributed by atoms with van der Waals surface area (Å²) in [6.45, 7) is 7.90. The Hall–Kier alpha value is -0.0800. The minimum absolute atomic E-state index is 0.288. The summed E-state index contributed by atoms with van der Waals surface area (Å²) >= 11 is 0. The van der Waals surface area contributed by atoms with E-state index >= 15 is 0 Å². The molecule has 11 heavy (non-hydrogen) atoms. The Morgan fingerprint density at radius 1 is 1.18 bits per heavy atom. The molecule has 0 aromatic rings. The molecule has 1 atom stereocenters. The maximum absolute atomic E-state index is 8.61. The van der Waals surface area contributed by atoms with Crippen molar-refractivity contribution in [3.05, 3.63) is 0 Å². The molecule has 0 heterocycles. The van der Waals surface area contributed by atoms with Gasteiger partial charge in [0.25, 0.3) is 0 Å². The van der Waals surface area contributed by atoms with Gasteiger partial charge < -0.3 is 10.4 Å². The third-order valence-corrected chi connectivity index (χ3v) is 1.78. The van der Waals surface area contributed by atoms with E-state index in [9.17, 15) is 0 Å². The number of rotatable bonds is 6. The molecule has 2 N–H and O–H groups in total. The molecular weight excluding hydrogens is 138 g/mol. The van der Waals surface area contributed by atoms with Crippen molar-refractivity contribution in [2.75, 3.05) is 13.2 Å². The lowest BCUT2D eigenvalue weighted by Gasteiger charge is -2.12. The number of aliphatic hydroxyl groups excluding tert-OH is 1. The molecule has 0 bridgehead atoms. The van der Waals surface area contributed by atoms with Gasteiger partial charge in [-0.3, -0.25) is 0 Å². The van der Waals surface area contributed by atoms with E-state index in [0.717, 1.165) is 18.9 Å². The van der Waals surface area contributed by atoms with E-state index in [0.29, 0.717) is 6.04 Å². The molecule has 0 aromatic heterocycles. The Morgan fingerprint density at radius 2 is 1.82 bits per heavy atom. The molecule has 0 aliphatic rings. The summed E-state index contributed by atoms with van der Waals surface area (Å²) in [5.41, 5.74) is 0. The summed E-state index contributed by atoms with van der Waals surface area (Å²) in [7, 11) is 0. The Bertz CT molecular complexity index is 83.6. The van der Waals surface area contributed by atoms with Gasteiger partial charge in [0.1, 0.15) is 0 Å². The predicted molar refractivity (Wildman–Crippen MR) is 48.6 cm³/mol. The van der Waals surface area contributed by atoms with Gasteiger partial charge in [-0.25, -0.2) is 0 Å². The molecule has 0 amide bonds. The van der Waals surface area contributed by atoms with Crippen LogP contribution >= 0.6 is 0 Å². The monoisotopic (exact) mass is 159 g/mol.